The molecule has 8 atom stereocenters. The van der Waals surface area contributed by atoms with Crippen molar-refractivity contribution in [3.63, 3.8) is 0 Å². The maximum atomic E-state index is 5.95. The average molecular weight is 252 g/mol. The maximum Gasteiger partial charge on any atom is 0.113 e. The molecule has 4 nitrogen and oxygen atoms in total. The molecule has 2 bridgehead atoms. The summed E-state index contributed by atoms with van der Waals surface area (Å²) in [6.45, 7) is 1.77. The lowest BCUT2D eigenvalue weighted by Gasteiger charge is -2.21. The Morgan fingerprint density at radius 2 is 1.78 bits per heavy atom. The molecule has 5 aliphatic rings. The van der Waals surface area contributed by atoms with Crippen molar-refractivity contribution in [3.8, 4) is 0 Å². The first-order chi connectivity index (χ1) is 8.88. The Hall–Kier alpha value is -0.160. The van der Waals surface area contributed by atoms with E-state index in [1.54, 1.807) is 0 Å². The van der Waals surface area contributed by atoms with Crippen LogP contribution in [0.15, 0.2) is 0 Å². The van der Waals surface area contributed by atoms with Gasteiger partial charge in [-0.05, 0) is 31.6 Å². The summed E-state index contributed by atoms with van der Waals surface area (Å²) in [7, 11) is 0. The third-order valence-electron chi connectivity index (χ3n) is 5.38. The van der Waals surface area contributed by atoms with Crippen LogP contribution in [0.5, 0.6) is 0 Å². The summed E-state index contributed by atoms with van der Waals surface area (Å²) in [6.07, 6.45) is 7.61. The smallest absolute Gasteiger partial charge is 0.113 e. The first kappa shape index (κ1) is 10.6. The van der Waals surface area contributed by atoms with Crippen molar-refractivity contribution in [1.29, 1.82) is 0 Å². The number of fused-ring (bicyclic) bond motifs is 6. The number of rotatable bonds is 4. The maximum absolute atomic E-state index is 5.95. The quantitative estimate of drug-likeness (QED) is 0.703. The van der Waals surface area contributed by atoms with E-state index in [1.165, 1.54) is 19.3 Å². The molecule has 0 N–H and O–H groups in total. The largest absolute Gasteiger partial charge is 0.381 e. The second-order valence-corrected chi connectivity index (χ2v) is 6.63. The highest BCUT2D eigenvalue weighted by Crippen LogP contribution is 2.50. The normalized spacial score (nSPS) is 59.3. The fraction of sp³-hybridized carbons (Fsp3) is 1.00. The molecular formula is C14H20O4. The van der Waals surface area contributed by atoms with Crippen LogP contribution in [0.25, 0.3) is 0 Å². The lowest BCUT2D eigenvalue weighted by molar-refractivity contribution is -0.00659. The van der Waals surface area contributed by atoms with Crippen molar-refractivity contribution in [2.75, 3.05) is 13.2 Å². The standard InChI is InChI=1S/C14H20O4/c1-2-9-10(16-9)3-7(1)5-15-6-8-4-11-13-14(18-13)12(8)17-11/h7-14H,1-6H2. The van der Waals surface area contributed by atoms with E-state index in [9.17, 15) is 0 Å². The Labute approximate surface area is 107 Å². The van der Waals surface area contributed by atoms with Crippen molar-refractivity contribution < 1.29 is 18.9 Å². The van der Waals surface area contributed by atoms with Crippen LogP contribution < -0.4 is 0 Å². The van der Waals surface area contributed by atoms with Gasteiger partial charge in [0.25, 0.3) is 0 Å². The number of epoxide rings is 2. The molecule has 4 aliphatic heterocycles. The highest BCUT2D eigenvalue weighted by Gasteiger charge is 2.64. The number of ether oxygens (including phenoxy) is 4. The Morgan fingerprint density at radius 1 is 0.778 bits per heavy atom. The summed E-state index contributed by atoms with van der Waals surface area (Å²) in [6, 6.07) is 0. The van der Waals surface area contributed by atoms with Gasteiger partial charge in [-0.2, -0.15) is 0 Å². The molecule has 4 heterocycles. The van der Waals surface area contributed by atoms with Crippen LogP contribution in [0.2, 0.25) is 0 Å². The van der Waals surface area contributed by atoms with Crippen molar-refractivity contribution in [2.24, 2.45) is 11.8 Å². The minimum atomic E-state index is 0.336. The molecule has 0 amide bonds. The van der Waals surface area contributed by atoms with Gasteiger partial charge in [-0.3, -0.25) is 0 Å². The van der Waals surface area contributed by atoms with Gasteiger partial charge in [-0.1, -0.05) is 0 Å². The molecule has 1 aliphatic carbocycles. The molecule has 0 spiro atoms. The predicted molar refractivity (Wildman–Crippen MR) is 62.3 cm³/mol. The van der Waals surface area contributed by atoms with E-state index < -0.39 is 0 Å². The summed E-state index contributed by atoms with van der Waals surface area (Å²) in [4.78, 5) is 0. The fourth-order valence-corrected chi connectivity index (χ4v) is 4.25. The Kier molecular flexibility index (Phi) is 2.17. The number of hydrogen-bond donors (Lipinski definition) is 0. The number of hydrogen-bond acceptors (Lipinski definition) is 4. The topological polar surface area (TPSA) is 43.5 Å². The van der Waals surface area contributed by atoms with Gasteiger partial charge >= 0.3 is 0 Å². The van der Waals surface area contributed by atoms with Gasteiger partial charge in [0.05, 0.1) is 31.0 Å². The minimum Gasteiger partial charge on any atom is -0.381 e. The molecule has 0 aromatic rings. The molecule has 1 saturated carbocycles. The summed E-state index contributed by atoms with van der Waals surface area (Å²) in [5, 5.41) is 0. The zero-order valence-corrected chi connectivity index (χ0v) is 10.5. The summed E-state index contributed by atoms with van der Waals surface area (Å²) < 4.78 is 23.0. The van der Waals surface area contributed by atoms with Gasteiger partial charge in [0.15, 0.2) is 0 Å². The SMILES string of the molecule is C1CC2OC2CC1COCC1CC2OC1C1OC21. The highest BCUT2D eigenvalue weighted by molar-refractivity contribution is 5.11. The van der Waals surface area contributed by atoms with Crippen LogP contribution >= 0.6 is 0 Å². The Morgan fingerprint density at radius 3 is 2.61 bits per heavy atom. The molecule has 0 aromatic heterocycles. The third kappa shape index (κ3) is 1.59. The van der Waals surface area contributed by atoms with Gasteiger partial charge in [0.1, 0.15) is 12.2 Å². The highest BCUT2D eigenvalue weighted by atomic mass is 16.7. The monoisotopic (exact) mass is 252 g/mol. The van der Waals surface area contributed by atoms with Crippen LogP contribution in [0.3, 0.4) is 0 Å². The molecule has 100 valence electrons. The second kappa shape index (κ2) is 3.69. The molecule has 4 saturated heterocycles. The molecule has 4 heteroatoms. The zero-order valence-electron chi connectivity index (χ0n) is 10.5. The lowest BCUT2D eigenvalue weighted by Crippen LogP contribution is -2.29. The van der Waals surface area contributed by atoms with E-state index >= 15 is 0 Å². The van der Waals surface area contributed by atoms with E-state index in [2.05, 4.69) is 0 Å². The predicted octanol–water partition coefficient (Wildman–Crippen LogP) is 1.13. The van der Waals surface area contributed by atoms with E-state index in [4.69, 9.17) is 18.9 Å². The minimum absolute atomic E-state index is 0.336. The summed E-state index contributed by atoms with van der Waals surface area (Å²) in [5.41, 5.74) is 0. The molecule has 5 fully saturated rings. The third-order valence-corrected chi connectivity index (χ3v) is 5.38. The van der Waals surface area contributed by atoms with Crippen molar-refractivity contribution in [1.82, 2.24) is 0 Å². The molecule has 0 radical (unpaired) electrons. The van der Waals surface area contributed by atoms with Gasteiger partial charge in [-0.25, -0.2) is 0 Å². The second-order valence-electron chi connectivity index (χ2n) is 6.63. The molecule has 18 heavy (non-hydrogen) atoms. The van der Waals surface area contributed by atoms with Crippen molar-refractivity contribution >= 4 is 0 Å². The van der Waals surface area contributed by atoms with Gasteiger partial charge < -0.3 is 18.9 Å². The van der Waals surface area contributed by atoms with Gasteiger partial charge in [0, 0.05) is 12.5 Å². The molecular weight excluding hydrogens is 232 g/mol. The first-order valence-corrected chi connectivity index (χ1v) is 7.42. The van der Waals surface area contributed by atoms with Crippen molar-refractivity contribution in [2.45, 2.75) is 62.3 Å². The van der Waals surface area contributed by atoms with E-state index in [1.807, 2.05) is 0 Å². The van der Waals surface area contributed by atoms with E-state index in [0.29, 0.717) is 42.5 Å². The van der Waals surface area contributed by atoms with Gasteiger partial charge in [0.2, 0.25) is 0 Å². The fourth-order valence-electron chi connectivity index (χ4n) is 4.25. The van der Waals surface area contributed by atoms with Crippen LogP contribution in [0.1, 0.15) is 25.7 Å². The van der Waals surface area contributed by atoms with Crippen LogP contribution in [0.4, 0.5) is 0 Å². The Balaban J connectivity index is 1.09. The molecule has 5 rings (SSSR count). The van der Waals surface area contributed by atoms with Crippen molar-refractivity contribution in [3.05, 3.63) is 0 Å². The Bertz CT molecular complexity index is 360. The van der Waals surface area contributed by atoms with E-state index in [0.717, 1.165) is 25.6 Å². The van der Waals surface area contributed by atoms with Gasteiger partial charge in [-0.15, -0.1) is 0 Å². The lowest BCUT2D eigenvalue weighted by atomic mass is 9.89. The summed E-state index contributed by atoms with van der Waals surface area (Å²) in [5.74, 6) is 1.30. The first-order valence-electron chi connectivity index (χ1n) is 7.42. The van der Waals surface area contributed by atoms with Crippen LogP contribution in [0, 0.1) is 11.8 Å². The van der Waals surface area contributed by atoms with Crippen LogP contribution in [-0.2, 0) is 18.9 Å². The zero-order chi connectivity index (χ0) is 11.7. The molecule has 8 unspecified atom stereocenters. The molecule has 0 aromatic carbocycles. The summed E-state index contributed by atoms with van der Waals surface area (Å²) >= 11 is 0. The van der Waals surface area contributed by atoms with E-state index in [-0.39, 0.29) is 0 Å². The average Bonchev–Trinajstić information content (AvgIpc) is 3.27. The van der Waals surface area contributed by atoms with Crippen LogP contribution in [-0.4, -0.2) is 49.8 Å².